The predicted octanol–water partition coefficient (Wildman–Crippen LogP) is 2.13. The van der Waals surface area contributed by atoms with Crippen LogP contribution in [0.1, 0.15) is 30.9 Å². The van der Waals surface area contributed by atoms with Crippen LogP contribution < -0.4 is 10.7 Å². The van der Waals surface area contributed by atoms with Crippen molar-refractivity contribution in [3.8, 4) is 0 Å². The second-order valence-electron chi connectivity index (χ2n) is 5.21. The van der Waals surface area contributed by atoms with Crippen LogP contribution in [0.15, 0.2) is 23.3 Å². The molecule has 1 fully saturated rings. The summed E-state index contributed by atoms with van der Waals surface area (Å²) in [6.45, 7) is 3.34. The molecular weight excluding hydrogens is 316 g/mol. The Balaban J connectivity index is 1.85. The lowest BCUT2D eigenvalue weighted by molar-refractivity contribution is -0.385. The quantitative estimate of drug-likeness (QED) is 0.358. The van der Waals surface area contributed by atoms with Gasteiger partial charge in [-0.05, 0) is 31.5 Å². The highest BCUT2D eigenvalue weighted by Gasteiger charge is 2.15. The standard InChI is InChI=1S/C15H20N4O3S/c1-2-12-6-5-11(8-14(12)19(20)21)9-17-18-15(23)16-10-13-4-3-7-22-13/h5-6,8-9,13H,2-4,7,10H2,1H3,(H2,16,18,23)/b17-9-/t13-/m0/s1. The molecule has 0 saturated carbocycles. The van der Waals surface area contributed by atoms with Crippen molar-refractivity contribution >= 4 is 29.2 Å². The molecule has 1 aliphatic heterocycles. The number of benzene rings is 1. The van der Waals surface area contributed by atoms with Crippen LogP contribution in [0.2, 0.25) is 0 Å². The zero-order valence-corrected chi connectivity index (χ0v) is 13.8. The van der Waals surface area contributed by atoms with E-state index in [4.69, 9.17) is 17.0 Å². The molecule has 1 aliphatic rings. The highest BCUT2D eigenvalue weighted by molar-refractivity contribution is 7.80. The Morgan fingerprint density at radius 1 is 1.61 bits per heavy atom. The van der Waals surface area contributed by atoms with E-state index in [0.29, 0.717) is 29.2 Å². The normalized spacial score (nSPS) is 17.3. The molecule has 124 valence electrons. The van der Waals surface area contributed by atoms with Gasteiger partial charge in [-0.15, -0.1) is 0 Å². The van der Waals surface area contributed by atoms with Crippen LogP contribution in [-0.4, -0.2) is 35.5 Å². The highest BCUT2D eigenvalue weighted by atomic mass is 32.1. The number of hydrogen-bond acceptors (Lipinski definition) is 5. The average Bonchev–Trinajstić information content (AvgIpc) is 3.06. The van der Waals surface area contributed by atoms with Gasteiger partial charge in [-0.1, -0.05) is 19.1 Å². The molecule has 2 rings (SSSR count). The van der Waals surface area contributed by atoms with E-state index in [-0.39, 0.29) is 16.7 Å². The average molecular weight is 336 g/mol. The monoisotopic (exact) mass is 336 g/mol. The van der Waals surface area contributed by atoms with Gasteiger partial charge in [-0.25, -0.2) is 0 Å². The number of rotatable bonds is 6. The Morgan fingerprint density at radius 3 is 3.09 bits per heavy atom. The van der Waals surface area contributed by atoms with Crippen LogP contribution in [0.5, 0.6) is 0 Å². The van der Waals surface area contributed by atoms with E-state index in [1.807, 2.05) is 6.92 Å². The van der Waals surface area contributed by atoms with Crippen molar-refractivity contribution in [2.24, 2.45) is 5.10 Å². The lowest BCUT2D eigenvalue weighted by atomic mass is 10.1. The van der Waals surface area contributed by atoms with Crippen molar-refractivity contribution in [3.63, 3.8) is 0 Å². The topological polar surface area (TPSA) is 88.8 Å². The third-order valence-corrected chi connectivity index (χ3v) is 3.82. The lowest BCUT2D eigenvalue weighted by Crippen LogP contribution is -2.37. The minimum absolute atomic E-state index is 0.107. The Morgan fingerprint density at radius 2 is 2.43 bits per heavy atom. The summed E-state index contributed by atoms with van der Waals surface area (Å²) in [6.07, 6.45) is 4.43. The molecule has 1 heterocycles. The summed E-state index contributed by atoms with van der Waals surface area (Å²) in [5.74, 6) is 0. The van der Waals surface area contributed by atoms with E-state index < -0.39 is 0 Å². The van der Waals surface area contributed by atoms with Gasteiger partial charge in [0.15, 0.2) is 5.11 Å². The molecule has 8 heteroatoms. The third-order valence-electron chi connectivity index (χ3n) is 3.58. The fraction of sp³-hybridized carbons (Fsp3) is 0.467. The fourth-order valence-corrected chi connectivity index (χ4v) is 2.48. The number of nitro groups is 1. The van der Waals surface area contributed by atoms with E-state index in [1.54, 1.807) is 12.1 Å². The first-order chi connectivity index (χ1) is 11.1. The number of ether oxygens (including phenoxy) is 1. The van der Waals surface area contributed by atoms with Crippen molar-refractivity contribution in [2.75, 3.05) is 13.2 Å². The van der Waals surface area contributed by atoms with Crippen molar-refractivity contribution in [3.05, 3.63) is 39.4 Å². The Kier molecular flexibility index (Phi) is 6.42. The first kappa shape index (κ1) is 17.3. The van der Waals surface area contributed by atoms with Crippen molar-refractivity contribution in [2.45, 2.75) is 32.3 Å². The van der Waals surface area contributed by atoms with Crippen LogP contribution >= 0.6 is 12.2 Å². The summed E-state index contributed by atoms with van der Waals surface area (Å²) in [5.41, 5.74) is 4.15. The molecule has 0 amide bonds. The summed E-state index contributed by atoms with van der Waals surface area (Å²) in [6, 6.07) is 5.04. The maximum absolute atomic E-state index is 11.0. The third kappa shape index (κ3) is 5.26. The summed E-state index contributed by atoms with van der Waals surface area (Å²) >= 11 is 5.11. The number of nitro benzene ring substituents is 1. The largest absolute Gasteiger partial charge is 0.376 e. The summed E-state index contributed by atoms with van der Waals surface area (Å²) in [4.78, 5) is 10.7. The molecular formula is C15H20N4O3S. The van der Waals surface area contributed by atoms with Crippen molar-refractivity contribution in [1.29, 1.82) is 0 Å². The molecule has 1 aromatic carbocycles. The second-order valence-corrected chi connectivity index (χ2v) is 5.62. The Labute approximate surface area is 140 Å². The molecule has 0 aromatic heterocycles. The van der Waals surface area contributed by atoms with Crippen LogP contribution in [0, 0.1) is 10.1 Å². The summed E-state index contributed by atoms with van der Waals surface area (Å²) in [7, 11) is 0. The van der Waals surface area contributed by atoms with Gasteiger partial charge in [-0.3, -0.25) is 15.5 Å². The lowest BCUT2D eigenvalue weighted by Gasteiger charge is -2.11. The SMILES string of the molecule is CCc1ccc(/C=N\NC(=S)NC[C@@H]2CCCO2)cc1[N+](=O)[O-]. The second kappa shape index (κ2) is 8.54. The zero-order chi connectivity index (χ0) is 16.7. The highest BCUT2D eigenvalue weighted by Crippen LogP contribution is 2.20. The zero-order valence-electron chi connectivity index (χ0n) is 12.9. The Bertz CT molecular complexity index is 600. The molecule has 0 unspecified atom stereocenters. The van der Waals surface area contributed by atoms with Crippen molar-refractivity contribution in [1.82, 2.24) is 10.7 Å². The van der Waals surface area contributed by atoms with E-state index in [9.17, 15) is 10.1 Å². The van der Waals surface area contributed by atoms with Crippen LogP contribution in [0.4, 0.5) is 5.69 Å². The minimum atomic E-state index is -0.378. The first-order valence-corrected chi connectivity index (χ1v) is 7.96. The molecule has 7 nitrogen and oxygen atoms in total. The Hall–Kier alpha value is -2.06. The first-order valence-electron chi connectivity index (χ1n) is 7.56. The molecule has 2 N–H and O–H groups in total. The summed E-state index contributed by atoms with van der Waals surface area (Å²) in [5, 5.41) is 18.5. The van der Waals surface area contributed by atoms with Crippen molar-refractivity contribution < 1.29 is 9.66 Å². The van der Waals surface area contributed by atoms with Gasteiger partial charge in [0.25, 0.3) is 5.69 Å². The molecule has 1 atom stereocenters. The van der Waals surface area contributed by atoms with Gasteiger partial charge in [0.1, 0.15) is 0 Å². The number of nitrogens with zero attached hydrogens (tertiary/aromatic N) is 2. The van der Waals surface area contributed by atoms with Crippen LogP contribution in [0.3, 0.4) is 0 Å². The molecule has 1 saturated heterocycles. The van der Waals surface area contributed by atoms with Gasteiger partial charge in [-0.2, -0.15) is 5.10 Å². The van der Waals surface area contributed by atoms with Gasteiger partial charge in [0, 0.05) is 30.3 Å². The predicted molar refractivity (Wildman–Crippen MR) is 92.8 cm³/mol. The summed E-state index contributed by atoms with van der Waals surface area (Å²) < 4.78 is 5.48. The van der Waals surface area contributed by atoms with Gasteiger partial charge >= 0.3 is 0 Å². The maximum atomic E-state index is 11.0. The van der Waals surface area contributed by atoms with Gasteiger partial charge < -0.3 is 10.1 Å². The maximum Gasteiger partial charge on any atom is 0.273 e. The van der Waals surface area contributed by atoms with E-state index in [0.717, 1.165) is 19.4 Å². The smallest absolute Gasteiger partial charge is 0.273 e. The number of hydrazone groups is 1. The molecule has 0 radical (unpaired) electrons. The fourth-order valence-electron chi connectivity index (χ4n) is 2.35. The molecule has 0 spiro atoms. The van der Waals surface area contributed by atoms with E-state index in [1.165, 1.54) is 12.3 Å². The molecule has 1 aromatic rings. The van der Waals surface area contributed by atoms with Gasteiger partial charge in [0.2, 0.25) is 0 Å². The van der Waals surface area contributed by atoms with E-state index >= 15 is 0 Å². The van der Waals surface area contributed by atoms with E-state index in [2.05, 4.69) is 15.8 Å². The molecule has 0 bridgehead atoms. The number of hydrogen-bond donors (Lipinski definition) is 2. The number of aryl methyl sites for hydroxylation is 1. The molecule has 0 aliphatic carbocycles. The molecule has 23 heavy (non-hydrogen) atoms. The number of nitrogens with one attached hydrogen (secondary N) is 2. The minimum Gasteiger partial charge on any atom is -0.376 e. The number of thiocarbonyl (C=S) groups is 1. The van der Waals surface area contributed by atoms with Crippen LogP contribution in [0.25, 0.3) is 0 Å². The van der Waals surface area contributed by atoms with Gasteiger partial charge in [0.05, 0.1) is 17.2 Å². The van der Waals surface area contributed by atoms with Crippen LogP contribution in [-0.2, 0) is 11.2 Å².